The van der Waals surface area contributed by atoms with E-state index in [0.29, 0.717) is 24.4 Å². The first-order valence-corrected chi connectivity index (χ1v) is 19.8. The first kappa shape index (κ1) is 38.7. The number of pyridine rings is 1. The van der Waals surface area contributed by atoms with Crippen LogP contribution in [-0.2, 0) is 29.1 Å². The molecular formula is C40H49N5O8S. The second-order valence-electron chi connectivity index (χ2n) is 16.5. The molecule has 3 aliphatic rings. The molecule has 6 rings (SSSR count). The zero-order valence-corrected chi connectivity index (χ0v) is 32.4. The maximum atomic E-state index is 14.6. The standard InChI is InChI=1S/C40H49N5O8S/c1-8-26-22-40(26,36(48)44-54(50,51)28-18-19-28)43-33(46)31-21-27(23-45(31)35(47)32(38(2,3)4)42-37(49)53-39(5,6)7)52-34-29-17-13-12-16-25(29)20-30(41-34)24-14-10-9-11-15-24/h8-17,20,26-28,31-32H,1,18-19,21-23H2,2-7H3,(H,42,49)(H,43,46)(H,44,48)/t26-,27-,31+,32-,40-/m1/s1. The Labute approximate surface area is 316 Å². The van der Waals surface area contributed by atoms with Gasteiger partial charge in [0.2, 0.25) is 27.7 Å². The van der Waals surface area contributed by atoms with Gasteiger partial charge in [-0.15, -0.1) is 6.58 Å². The SMILES string of the molecule is C=C[C@@H]1C[C@]1(NC(=O)[C@@H]1C[C@@H](Oc2nc(-c3ccccc3)cc3ccccc23)CN1C(=O)[C@@H](NC(=O)OC(C)(C)C)C(C)(C)C)C(=O)NS(=O)(=O)C1CC1. The summed E-state index contributed by atoms with van der Waals surface area (Å²) in [5, 5.41) is 6.50. The molecule has 54 heavy (non-hydrogen) atoms. The minimum Gasteiger partial charge on any atom is -0.472 e. The summed E-state index contributed by atoms with van der Waals surface area (Å²) in [6.07, 6.45) is 1.05. The summed E-state index contributed by atoms with van der Waals surface area (Å²) in [6, 6.07) is 16.9. The third-order valence-electron chi connectivity index (χ3n) is 9.92. The van der Waals surface area contributed by atoms with Crippen LogP contribution < -0.4 is 20.1 Å². The normalized spacial score (nSPS) is 23.2. The van der Waals surface area contributed by atoms with Gasteiger partial charge in [0.1, 0.15) is 29.3 Å². The molecule has 3 aromatic rings. The van der Waals surface area contributed by atoms with Crippen LogP contribution in [0.3, 0.4) is 0 Å². The fourth-order valence-corrected chi connectivity index (χ4v) is 8.17. The number of likely N-dealkylation sites (tertiary alicyclic amines) is 1. The maximum Gasteiger partial charge on any atom is 0.408 e. The van der Waals surface area contributed by atoms with Gasteiger partial charge in [0.15, 0.2) is 0 Å². The number of carbonyl (C=O) groups is 4. The Balaban J connectivity index is 1.33. The van der Waals surface area contributed by atoms with Crippen molar-refractivity contribution in [2.24, 2.45) is 11.3 Å². The number of fused-ring (bicyclic) bond motifs is 1. The van der Waals surface area contributed by atoms with Crippen LogP contribution in [0.1, 0.15) is 67.2 Å². The molecule has 1 saturated heterocycles. The minimum absolute atomic E-state index is 0.0171. The predicted octanol–water partition coefficient (Wildman–Crippen LogP) is 4.86. The summed E-state index contributed by atoms with van der Waals surface area (Å²) < 4.78 is 39.7. The van der Waals surface area contributed by atoms with Crippen LogP contribution in [0.15, 0.2) is 73.3 Å². The van der Waals surface area contributed by atoms with Crippen molar-refractivity contribution >= 4 is 44.6 Å². The molecule has 4 amide bonds. The number of aromatic nitrogens is 1. The van der Waals surface area contributed by atoms with E-state index < -0.39 is 79.7 Å². The highest BCUT2D eigenvalue weighted by Crippen LogP contribution is 2.45. The number of sulfonamides is 1. The summed E-state index contributed by atoms with van der Waals surface area (Å²) in [5.41, 5.74) is -1.66. The van der Waals surface area contributed by atoms with Crippen molar-refractivity contribution in [3.05, 3.63) is 73.3 Å². The van der Waals surface area contributed by atoms with E-state index in [1.165, 1.54) is 11.0 Å². The Kier molecular flexibility index (Phi) is 10.3. The average molecular weight is 760 g/mol. The van der Waals surface area contributed by atoms with Crippen molar-refractivity contribution in [2.45, 2.75) is 102 Å². The molecule has 1 aromatic heterocycles. The average Bonchev–Trinajstić information content (AvgIpc) is 4.03. The Hall–Kier alpha value is -4.98. The molecule has 3 fully saturated rings. The Morgan fingerprint density at radius 1 is 1.00 bits per heavy atom. The van der Waals surface area contributed by atoms with Crippen molar-refractivity contribution in [1.82, 2.24) is 25.2 Å². The molecular weight excluding hydrogens is 711 g/mol. The molecule has 14 heteroatoms. The lowest BCUT2D eigenvalue weighted by atomic mass is 9.85. The molecule has 13 nitrogen and oxygen atoms in total. The summed E-state index contributed by atoms with van der Waals surface area (Å²) >= 11 is 0. The Morgan fingerprint density at radius 2 is 1.67 bits per heavy atom. The molecule has 0 unspecified atom stereocenters. The molecule has 3 N–H and O–H groups in total. The Bertz CT molecular complexity index is 2070. The fourth-order valence-electron chi connectivity index (χ4n) is 6.81. The first-order chi connectivity index (χ1) is 25.3. The molecule has 2 saturated carbocycles. The molecule has 288 valence electrons. The molecule has 2 heterocycles. The van der Waals surface area contributed by atoms with Gasteiger partial charge in [0.25, 0.3) is 5.91 Å². The van der Waals surface area contributed by atoms with Crippen molar-refractivity contribution in [2.75, 3.05) is 6.54 Å². The number of benzene rings is 2. The van der Waals surface area contributed by atoms with E-state index in [2.05, 4.69) is 21.9 Å². The van der Waals surface area contributed by atoms with E-state index in [4.69, 9.17) is 14.5 Å². The number of amides is 4. The van der Waals surface area contributed by atoms with Gasteiger partial charge in [0.05, 0.1) is 17.5 Å². The maximum absolute atomic E-state index is 14.6. The van der Waals surface area contributed by atoms with Gasteiger partial charge in [-0.25, -0.2) is 18.2 Å². The summed E-state index contributed by atoms with van der Waals surface area (Å²) in [5.74, 6) is -2.27. The smallest absolute Gasteiger partial charge is 0.408 e. The second kappa shape index (κ2) is 14.3. The molecule has 2 aliphatic carbocycles. The van der Waals surface area contributed by atoms with Crippen LogP contribution in [-0.4, -0.2) is 83.2 Å². The number of alkyl carbamates (subject to hydrolysis) is 1. The largest absolute Gasteiger partial charge is 0.472 e. The first-order valence-electron chi connectivity index (χ1n) is 18.2. The quantitative estimate of drug-likeness (QED) is 0.231. The third kappa shape index (κ3) is 8.38. The van der Waals surface area contributed by atoms with E-state index in [-0.39, 0.29) is 19.4 Å². The molecule has 2 aromatic carbocycles. The Morgan fingerprint density at radius 3 is 2.28 bits per heavy atom. The van der Waals surface area contributed by atoms with Gasteiger partial charge in [0, 0.05) is 23.3 Å². The van der Waals surface area contributed by atoms with Crippen LogP contribution in [0, 0.1) is 11.3 Å². The van der Waals surface area contributed by atoms with Gasteiger partial charge in [-0.05, 0) is 63.0 Å². The van der Waals surface area contributed by atoms with Crippen molar-refractivity contribution in [3.63, 3.8) is 0 Å². The van der Waals surface area contributed by atoms with E-state index >= 15 is 0 Å². The monoisotopic (exact) mass is 759 g/mol. The van der Waals surface area contributed by atoms with Gasteiger partial charge >= 0.3 is 6.09 Å². The van der Waals surface area contributed by atoms with Crippen LogP contribution in [0.5, 0.6) is 5.88 Å². The molecule has 5 atom stereocenters. The number of nitrogens with one attached hydrogen (secondary N) is 3. The third-order valence-corrected chi connectivity index (χ3v) is 11.7. The number of nitrogens with zero attached hydrogens (tertiary/aromatic N) is 2. The lowest BCUT2D eigenvalue weighted by Crippen LogP contribution is -2.60. The topological polar surface area (TPSA) is 173 Å². The summed E-state index contributed by atoms with van der Waals surface area (Å²) in [6.45, 7) is 14.2. The van der Waals surface area contributed by atoms with Gasteiger partial charge in [-0.2, -0.15) is 0 Å². The zero-order chi connectivity index (χ0) is 39.2. The van der Waals surface area contributed by atoms with Gasteiger partial charge < -0.3 is 25.0 Å². The fraction of sp³-hybridized carbons (Fsp3) is 0.475. The number of hydrogen-bond donors (Lipinski definition) is 3. The highest BCUT2D eigenvalue weighted by Gasteiger charge is 2.62. The van der Waals surface area contributed by atoms with E-state index in [1.54, 1.807) is 41.5 Å². The highest BCUT2D eigenvalue weighted by atomic mass is 32.2. The number of rotatable bonds is 11. The van der Waals surface area contributed by atoms with Crippen LogP contribution >= 0.6 is 0 Å². The predicted molar refractivity (Wildman–Crippen MR) is 204 cm³/mol. The van der Waals surface area contributed by atoms with E-state index in [9.17, 15) is 27.6 Å². The van der Waals surface area contributed by atoms with Gasteiger partial charge in [-0.1, -0.05) is 75.4 Å². The lowest BCUT2D eigenvalue weighted by molar-refractivity contribution is -0.143. The number of ether oxygens (including phenoxy) is 2. The molecule has 0 spiro atoms. The second-order valence-corrected chi connectivity index (χ2v) is 18.5. The van der Waals surface area contributed by atoms with E-state index in [1.807, 2.05) is 60.7 Å². The highest BCUT2D eigenvalue weighted by molar-refractivity contribution is 7.91. The summed E-state index contributed by atoms with van der Waals surface area (Å²) in [4.78, 5) is 61.7. The minimum atomic E-state index is -3.91. The zero-order valence-electron chi connectivity index (χ0n) is 31.5. The van der Waals surface area contributed by atoms with Crippen LogP contribution in [0.4, 0.5) is 4.79 Å². The van der Waals surface area contributed by atoms with Crippen LogP contribution in [0.2, 0.25) is 0 Å². The van der Waals surface area contributed by atoms with Crippen molar-refractivity contribution in [3.8, 4) is 17.1 Å². The molecule has 1 aliphatic heterocycles. The van der Waals surface area contributed by atoms with Gasteiger partial charge in [-0.3, -0.25) is 19.1 Å². The molecule has 0 bridgehead atoms. The lowest BCUT2D eigenvalue weighted by Gasteiger charge is -2.36. The van der Waals surface area contributed by atoms with Crippen molar-refractivity contribution < 1.29 is 37.1 Å². The number of carbonyl (C=O) groups excluding carboxylic acids is 4. The van der Waals surface area contributed by atoms with E-state index in [0.717, 1.165) is 16.3 Å². The van der Waals surface area contributed by atoms with Crippen molar-refractivity contribution in [1.29, 1.82) is 0 Å². The molecule has 0 radical (unpaired) electrons. The number of hydrogen-bond acceptors (Lipinski definition) is 9. The summed E-state index contributed by atoms with van der Waals surface area (Å²) in [7, 11) is -3.91. The van der Waals surface area contributed by atoms with Crippen LogP contribution in [0.25, 0.3) is 22.0 Å².